The van der Waals surface area contributed by atoms with Crippen LogP contribution in [0.15, 0.2) is 0 Å². The highest BCUT2D eigenvalue weighted by Gasteiger charge is 2.67. The van der Waals surface area contributed by atoms with Crippen molar-refractivity contribution in [2.75, 3.05) is 0 Å². The summed E-state index contributed by atoms with van der Waals surface area (Å²) in [5, 5.41) is 12.1. The zero-order valence-electron chi connectivity index (χ0n) is 17.4. The summed E-state index contributed by atoms with van der Waals surface area (Å²) in [6.07, 6.45) is 8.73. The molecule has 4 aliphatic carbocycles. The van der Waals surface area contributed by atoms with Crippen molar-refractivity contribution in [3.63, 3.8) is 0 Å². The van der Waals surface area contributed by atoms with E-state index in [0.29, 0.717) is 23.5 Å². The van der Waals surface area contributed by atoms with E-state index in [1.807, 2.05) is 0 Å². The molecule has 0 saturated heterocycles. The van der Waals surface area contributed by atoms with Gasteiger partial charge in [0.15, 0.2) is 0 Å². The van der Waals surface area contributed by atoms with Crippen LogP contribution in [0, 0.1) is 34.5 Å². The second-order valence-electron chi connectivity index (χ2n) is 10.6. The highest BCUT2D eigenvalue weighted by Crippen LogP contribution is 2.69. The van der Waals surface area contributed by atoms with Crippen molar-refractivity contribution in [1.82, 2.24) is 0 Å². The lowest BCUT2D eigenvalue weighted by atomic mass is 9.42. The van der Waals surface area contributed by atoms with Crippen molar-refractivity contribution < 1.29 is 19.4 Å². The summed E-state index contributed by atoms with van der Waals surface area (Å²) in [7, 11) is 0. The monoisotopic (exact) mass is 376 g/mol. The van der Waals surface area contributed by atoms with Gasteiger partial charge in [0, 0.05) is 12.8 Å². The average Bonchev–Trinajstić information content (AvgIpc) is 2.93. The lowest BCUT2D eigenvalue weighted by Gasteiger charge is -2.65. The summed E-state index contributed by atoms with van der Waals surface area (Å²) in [5.74, 6) is 1.53. The van der Waals surface area contributed by atoms with Crippen LogP contribution in [0.5, 0.6) is 0 Å². The van der Waals surface area contributed by atoms with E-state index in [1.54, 1.807) is 6.92 Å². The van der Waals surface area contributed by atoms with E-state index >= 15 is 0 Å². The van der Waals surface area contributed by atoms with E-state index in [1.165, 1.54) is 6.92 Å². The average molecular weight is 377 g/mol. The Labute approximate surface area is 163 Å². The molecule has 0 spiro atoms. The molecule has 0 aromatic rings. The van der Waals surface area contributed by atoms with Crippen LogP contribution >= 0.6 is 0 Å². The van der Waals surface area contributed by atoms with Gasteiger partial charge in [-0.25, -0.2) is 0 Å². The Morgan fingerprint density at radius 2 is 1.63 bits per heavy atom. The Morgan fingerprint density at radius 3 is 2.30 bits per heavy atom. The van der Waals surface area contributed by atoms with Crippen molar-refractivity contribution in [3.8, 4) is 0 Å². The van der Waals surface area contributed by atoms with Crippen LogP contribution in [-0.4, -0.2) is 28.6 Å². The Kier molecular flexibility index (Phi) is 4.53. The molecule has 0 amide bonds. The molecular formula is C23H36O4. The first-order valence-electron chi connectivity index (χ1n) is 11.0. The van der Waals surface area contributed by atoms with Gasteiger partial charge in [-0.2, -0.15) is 0 Å². The van der Waals surface area contributed by atoms with Gasteiger partial charge in [-0.15, -0.1) is 0 Å². The molecule has 4 nitrogen and oxygen atoms in total. The number of carbonyl (C=O) groups is 2. The highest BCUT2D eigenvalue weighted by molar-refractivity contribution is 5.79. The summed E-state index contributed by atoms with van der Waals surface area (Å²) in [6, 6.07) is 0. The molecule has 0 aliphatic heterocycles. The predicted octanol–water partition coefficient (Wildman–Crippen LogP) is 4.28. The molecule has 4 saturated carbocycles. The first kappa shape index (κ1) is 19.4. The van der Waals surface area contributed by atoms with Crippen molar-refractivity contribution in [2.24, 2.45) is 34.5 Å². The summed E-state index contributed by atoms with van der Waals surface area (Å²) in [6.45, 7) is 7.87. The summed E-state index contributed by atoms with van der Waals surface area (Å²) >= 11 is 0. The normalized spacial score (nSPS) is 51.7. The number of carbonyl (C=O) groups excluding carboxylic acids is 2. The molecule has 27 heavy (non-hydrogen) atoms. The third kappa shape index (κ3) is 2.65. The number of hydrogen-bond acceptors (Lipinski definition) is 4. The number of ether oxygens (including phenoxy) is 1. The molecule has 0 bridgehead atoms. The number of fused-ring (bicyclic) bond motifs is 5. The van der Waals surface area contributed by atoms with Gasteiger partial charge in [0.05, 0.1) is 5.60 Å². The largest absolute Gasteiger partial charge is 0.463 e. The topological polar surface area (TPSA) is 63.6 Å². The van der Waals surface area contributed by atoms with Gasteiger partial charge in [-0.1, -0.05) is 13.8 Å². The number of hydrogen-bond donors (Lipinski definition) is 1. The standard InChI is InChI=1S/C23H36O4/c1-14(24)18-7-8-19-20-6-5-16-13-17(27-15(2)25)9-10-22(16,4)23(20,26)12-11-21(18,19)3/h16-20,26H,5-13H2,1-4H3/t16?,17?,18-,19+,20+,21-,22+,23-/m1/s1. The van der Waals surface area contributed by atoms with Crippen molar-refractivity contribution in [3.05, 3.63) is 0 Å². The second kappa shape index (κ2) is 6.30. The minimum Gasteiger partial charge on any atom is -0.463 e. The molecule has 0 aromatic carbocycles. The molecule has 4 aliphatic rings. The molecule has 8 atom stereocenters. The number of rotatable bonds is 2. The second-order valence-corrected chi connectivity index (χ2v) is 10.6. The van der Waals surface area contributed by atoms with Gasteiger partial charge in [-0.05, 0) is 93.3 Å². The lowest BCUT2D eigenvalue weighted by molar-refractivity contribution is -0.241. The third-order valence-corrected chi connectivity index (χ3v) is 9.63. The van der Waals surface area contributed by atoms with Crippen LogP contribution < -0.4 is 0 Å². The summed E-state index contributed by atoms with van der Waals surface area (Å²) in [5.41, 5.74) is -0.657. The van der Waals surface area contributed by atoms with Gasteiger partial charge < -0.3 is 9.84 Å². The minimum atomic E-state index is -0.632. The molecule has 2 unspecified atom stereocenters. The SMILES string of the molecule is CC(=O)OC1CC[C@@]2(C)C(CC[C@H]3[C@@H]4CC[C@H](C(C)=O)[C@@]4(C)CC[C@@]32O)C1. The van der Waals surface area contributed by atoms with Crippen molar-refractivity contribution >= 4 is 11.8 Å². The number of Topliss-reactive ketones (excluding diaryl/α,β-unsaturated/α-hetero) is 1. The van der Waals surface area contributed by atoms with Crippen LogP contribution in [0.1, 0.15) is 85.5 Å². The maximum Gasteiger partial charge on any atom is 0.302 e. The van der Waals surface area contributed by atoms with Crippen LogP contribution in [0.25, 0.3) is 0 Å². The van der Waals surface area contributed by atoms with E-state index in [0.717, 1.165) is 57.8 Å². The number of aliphatic hydroxyl groups is 1. The number of esters is 1. The minimum absolute atomic E-state index is 0.0168. The van der Waals surface area contributed by atoms with Crippen LogP contribution in [-0.2, 0) is 14.3 Å². The van der Waals surface area contributed by atoms with Crippen molar-refractivity contribution in [1.29, 1.82) is 0 Å². The van der Waals surface area contributed by atoms with Crippen LogP contribution in [0.3, 0.4) is 0 Å². The van der Waals surface area contributed by atoms with Crippen molar-refractivity contribution in [2.45, 2.75) is 97.2 Å². The molecule has 0 heterocycles. The number of ketones is 1. The summed E-state index contributed by atoms with van der Waals surface area (Å²) < 4.78 is 5.52. The Hall–Kier alpha value is -0.900. The quantitative estimate of drug-likeness (QED) is 0.731. The molecule has 4 rings (SSSR count). The fourth-order valence-corrected chi connectivity index (χ4v) is 8.17. The maximum absolute atomic E-state index is 12.3. The van der Waals surface area contributed by atoms with E-state index in [2.05, 4.69) is 13.8 Å². The molecule has 0 aromatic heterocycles. The summed E-state index contributed by atoms with van der Waals surface area (Å²) in [4.78, 5) is 23.6. The zero-order chi connectivity index (χ0) is 19.6. The fraction of sp³-hybridized carbons (Fsp3) is 0.913. The van der Waals surface area contributed by atoms with E-state index in [-0.39, 0.29) is 28.8 Å². The van der Waals surface area contributed by atoms with Gasteiger partial charge in [0.2, 0.25) is 0 Å². The molecular weight excluding hydrogens is 340 g/mol. The molecule has 4 fully saturated rings. The highest BCUT2D eigenvalue weighted by atomic mass is 16.5. The van der Waals surface area contributed by atoms with Gasteiger partial charge in [-0.3, -0.25) is 9.59 Å². The van der Waals surface area contributed by atoms with Crippen LogP contribution in [0.2, 0.25) is 0 Å². The zero-order valence-corrected chi connectivity index (χ0v) is 17.4. The third-order valence-electron chi connectivity index (χ3n) is 9.63. The van der Waals surface area contributed by atoms with E-state index in [4.69, 9.17) is 4.74 Å². The van der Waals surface area contributed by atoms with Gasteiger partial charge in [0.1, 0.15) is 11.9 Å². The maximum atomic E-state index is 12.3. The molecule has 152 valence electrons. The first-order chi connectivity index (χ1) is 12.6. The molecule has 4 heteroatoms. The smallest absolute Gasteiger partial charge is 0.302 e. The van der Waals surface area contributed by atoms with Crippen LogP contribution in [0.4, 0.5) is 0 Å². The van der Waals surface area contributed by atoms with Gasteiger partial charge >= 0.3 is 5.97 Å². The predicted molar refractivity (Wildman–Crippen MR) is 103 cm³/mol. The molecule has 0 radical (unpaired) electrons. The molecule has 1 N–H and O–H groups in total. The first-order valence-corrected chi connectivity index (χ1v) is 11.0. The Balaban J connectivity index is 1.60. The van der Waals surface area contributed by atoms with E-state index < -0.39 is 5.60 Å². The fourth-order valence-electron chi connectivity index (χ4n) is 8.17. The Bertz CT molecular complexity index is 644. The Morgan fingerprint density at radius 1 is 0.926 bits per heavy atom. The van der Waals surface area contributed by atoms with E-state index in [9.17, 15) is 14.7 Å². The van der Waals surface area contributed by atoms with Gasteiger partial charge in [0.25, 0.3) is 0 Å². The lowest BCUT2D eigenvalue weighted by Crippen LogP contribution is -2.65.